The summed E-state index contributed by atoms with van der Waals surface area (Å²) in [7, 11) is 3.69. The highest BCUT2D eigenvalue weighted by molar-refractivity contribution is 5.79. The molecule has 0 unspecified atom stereocenters. The Bertz CT molecular complexity index is 829. The van der Waals surface area contributed by atoms with Crippen molar-refractivity contribution in [2.45, 2.75) is 53.6 Å². The highest BCUT2D eigenvalue weighted by atomic mass is 16.5. The van der Waals surface area contributed by atoms with Gasteiger partial charge in [-0.05, 0) is 38.3 Å². The highest BCUT2D eigenvalue weighted by Crippen LogP contribution is 2.21. The minimum atomic E-state index is 0.523. The van der Waals surface area contributed by atoms with Gasteiger partial charge in [0.1, 0.15) is 12.4 Å². The fraction of sp³-hybridized carbons (Fsp3) is 0.565. The third kappa shape index (κ3) is 6.49. The van der Waals surface area contributed by atoms with Crippen LogP contribution in [0.25, 0.3) is 0 Å². The molecule has 0 aliphatic heterocycles. The van der Waals surface area contributed by atoms with Crippen LogP contribution in [0.1, 0.15) is 48.8 Å². The molecule has 7 heteroatoms. The Balaban J connectivity index is 2.14. The van der Waals surface area contributed by atoms with Gasteiger partial charge in [0, 0.05) is 44.1 Å². The molecule has 0 aliphatic carbocycles. The first kappa shape index (κ1) is 23.7. The van der Waals surface area contributed by atoms with E-state index in [1.54, 1.807) is 7.11 Å². The van der Waals surface area contributed by atoms with Crippen LogP contribution in [0, 0.1) is 6.92 Å². The first-order chi connectivity index (χ1) is 14.5. The van der Waals surface area contributed by atoms with Gasteiger partial charge in [-0.25, -0.2) is 4.99 Å². The topological polar surface area (TPSA) is 72.7 Å². The minimum Gasteiger partial charge on any atom is -0.491 e. The summed E-state index contributed by atoms with van der Waals surface area (Å²) in [6.07, 6.45) is 1.88. The number of benzene rings is 1. The second kappa shape index (κ2) is 12.2. The maximum absolute atomic E-state index is 5.90. The van der Waals surface area contributed by atoms with Crippen molar-refractivity contribution in [1.82, 2.24) is 20.4 Å². The zero-order chi connectivity index (χ0) is 21.9. The van der Waals surface area contributed by atoms with Crippen LogP contribution in [-0.4, -0.2) is 42.6 Å². The van der Waals surface area contributed by atoms with E-state index in [1.807, 2.05) is 11.7 Å². The van der Waals surface area contributed by atoms with Crippen molar-refractivity contribution >= 4 is 5.96 Å². The van der Waals surface area contributed by atoms with Crippen LogP contribution in [0.2, 0.25) is 0 Å². The van der Waals surface area contributed by atoms with E-state index in [2.05, 4.69) is 61.6 Å². The van der Waals surface area contributed by atoms with E-state index in [0.29, 0.717) is 26.3 Å². The average Bonchev–Trinajstić information content (AvgIpc) is 3.05. The second-order valence-electron chi connectivity index (χ2n) is 7.20. The number of hydrogen-bond acceptors (Lipinski definition) is 4. The summed E-state index contributed by atoms with van der Waals surface area (Å²) in [6.45, 7) is 11.6. The lowest BCUT2D eigenvalue weighted by molar-refractivity contribution is 0.145. The highest BCUT2D eigenvalue weighted by Gasteiger charge is 2.14. The van der Waals surface area contributed by atoms with Crippen LogP contribution in [0.3, 0.4) is 0 Å². The van der Waals surface area contributed by atoms with Crippen LogP contribution in [0.4, 0.5) is 0 Å². The van der Waals surface area contributed by atoms with Gasteiger partial charge in [0.05, 0.1) is 18.8 Å². The molecule has 1 aromatic heterocycles. The van der Waals surface area contributed by atoms with Gasteiger partial charge in [-0.2, -0.15) is 5.10 Å². The molecule has 0 radical (unpaired) electrons. The van der Waals surface area contributed by atoms with E-state index in [-0.39, 0.29) is 0 Å². The van der Waals surface area contributed by atoms with Gasteiger partial charge in [-0.1, -0.05) is 26.0 Å². The lowest BCUT2D eigenvalue weighted by atomic mass is 10.1. The predicted octanol–water partition coefficient (Wildman–Crippen LogP) is 3.13. The van der Waals surface area contributed by atoms with E-state index in [4.69, 9.17) is 14.5 Å². The maximum Gasteiger partial charge on any atom is 0.191 e. The van der Waals surface area contributed by atoms with E-state index >= 15 is 0 Å². The molecular formula is C23H37N5O2. The molecule has 166 valence electrons. The second-order valence-corrected chi connectivity index (χ2v) is 7.20. The molecule has 0 fully saturated rings. The third-order valence-electron chi connectivity index (χ3n) is 4.98. The van der Waals surface area contributed by atoms with Crippen LogP contribution in [0.15, 0.2) is 23.2 Å². The molecule has 1 heterocycles. The first-order valence-corrected chi connectivity index (χ1v) is 10.8. The first-order valence-electron chi connectivity index (χ1n) is 10.8. The number of aryl methyl sites for hydroxylation is 3. The van der Waals surface area contributed by atoms with E-state index in [0.717, 1.165) is 47.9 Å². The number of aliphatic imine (C=N–C) groups is 1. The summed E-state index contributed by atoms with van der Waals surface area (Å²) in [5, 5.41) is 11.5. The Morgan fingerprint density at radius 3 is 2.60 bits per heavy atom. The summed E-state index contributed by atoms with van der Waals surface area (Å²) < 4.78 is 13.0. The van der Waals surface area contributed by atoms with Crippen molar-refractivity contribution in [2.75, 3.05) is 26.9 Å². The summed E-state index contributed by atoms with van der Waals surface area (Å²) >= 11 is 0. The maximum atomic E-state index is 5.90. The predicted molar refractivity (Wildman–Crippen MR) is 122 cm³/mol. The number of guanidine groups is 1. The molecule has 2 aromatic rings. The fourth-order valence-corrected chi connectivity index (χ4v) is 3.43. The molecule has 0 bridgehead atoms. The SMILES string of the molecule is CCNC(=NCc1ccc(C)cc1OCCOC)NCc1c(CC)nn(C)c1CC. The summed E-state index contributed by atoms with van der Waals surface area (Å²) in [5.41, 5.74) is 5.90. The van der Waals surface area contributed by atoms with Gasteiger partial charge in [-0.3, -0.25) is 4.68 Å². The minimum absolute atomic E-state index is 0.523. The number of ether oxygens (including phenoxy) is 2. The van der Waals surface area contributed by atoms with Crippen molar-refractivity contribution in [3.05, 3.63) is 46.3 Å². The summed E-state index contributed by atoms with van der Waals surface area (Å²) in [4.78, 5) is 4.79. The van der Waals surface area contributed by atoms with Gasteiger partial charge < -0.3 is 20.1 Å². The van der Waals surface area contributed by atoms with Crippen molar-refractivity contribution in [2.24, 2.45) is 12.0 Å². The van der Waals surface area contributed by atoms with Crippen LogP contribution < -0.4 is 15.4 Å². The van der Waals surface area contributed by atoms with Gasteiger partial charge in [0.15, 0.2) is 5.96 Å². The van der Waals surface area contributed by atoms with Crippen LogP contribution in [-0.2, 0) is 37.7 Å². The Kier molecular flexibility index (Phi) is 9.67. The standard InChI is InChI=1S/C23H37N5O2/c1-7-20-19(21(8-2)28(5)27-20)16-26-23(24-9-3)25-15-18-11-10-17(4)14-22(18)30-13-12-29-6/h10-11,14H,7-9,12-13,15-16H2,1-6H3,(H2,24,25,26). The number of hydrogen-bond donors (Lipinski definition) is 2. The molecule has 1 aromatic carbocycles. The number of rotatable bonds is 11. The molecule has 0 amide bonds. The normalized spacial score (nSPS) is 11.6. The van der Waals surface area contributed by atoms with E-state index in [9.17, 15) is 0 Å². The van der Waals surface area contributed by atoms with Crippen molar-refractivity contribution in [3.8, 4) is 5.75 Å². The smallest absolute Gasteiger partial charge is 0.191 e. The summed E-state index contributed by atoms with van der Waals surface area (Å²) in [6, 6.07) is 6.22. The van der Waals surface area contributed by atoms with Crippen molar-refractivity contribution < 1.29 is 9.47 Å². The zero-order valence-electron chi connectivity index (χ0n) is 19.3. The van der Waals surface area contributed by atoms with E-state index in [1.165, 1.54) is 11.3 Å². The van der Waals surface area contributed by atoms with Crippen molar-refractivity contribution in [3.63, 3.8) is 0 Å². The molecule has 0 saturated heterocycles. The molecule has 30 heavy (non-hydrogen) atoms. The Morgan fingerprint density at radius 1 is 1.13 bits per heavy atom. The number of nitrogens with one attached hydrogen (secondary N) is 2. The van der Waals surface area contributed by atoms with Crippen LogP contribution in [0.5, 0.6) is 5.75 Å². The Labute approximate surface area is 180 Å². The fourth-order valence-electron chi connectivity index (χ4n) is 3.43. The monoisotopic (exact) mass is 415 g/mol. The largest absolute Gasteiger partial charge is 0.491 e. The van der Waals surface area contributed by atoms with Gasteiger partial charge in [-0.15, -0.1) is 0 Å². The van der Waals surface area contributed by atoms with Gasteiger partial charge in [0.2, 0.25) is 0 Å². The lowest BCUT2D eigenvalue weighted by Gasteiger charge is -2.14. The van der Waals surface area contributed by atoms with Gasteiger partial charge in [0.25, 0.3) is 0 Å². The molecule has 0 atom stereocenters. The zero-order valence-corrected chi connectivity index (χ0v) is 19.3. The molecule has 2 rings (SSSR count). The Hall–Kier alpha value is -2.54. The quantitative estimate of drug-likeness (QED) is 0.335. The number of nitrogens with zero attached hydrogens (tertiary/aromatic N) is 3. The summed E-state index contributed by atoms with van der Waals surface area (Å²) in [5.74, 6) is 1.65. The molecule has 0 saturated carbocycles. The number of aromatic nitrogens is 2. The van der Waals surface area contributed by atoms with Crippen LogP contribution >= 0.6 is 0 Å². The van der Waals surface area contributed by atoms with E-state index < -0.39 is 0 Å². The molecule has 0 aliphatic rings. The number of methoxy groups -OCH3 is 1. The van der Waals surface area contributed by atoms with Gasteiger partial charge >= 0.3 is 0 Å². The molecule has 2 N–H and O–H groups in total. The third-order valence-corrected chi connectivity index (χ3v) is 4.98. The lowest BCUT2D eigenvalue weighted by Crippen LogP contribution is -2.37. The van der Waals surface area contributed by atoms with Crippen molar-refractivity contribution in [1.29, 1.82) is 0 Å². The Morgan fingerprint density at radius 2 is 1.93 bits per heavy atom. The molecule has 7 nitrogen and oxygen atoms in total. The average molecular weight is 416 g/mol. The molecule has 0 spiro atoms. The molecular weight excluding hydrogens is 378 g/mol.